The molecule has 2 aromatic carbocycles. The molecule has 0 unspecified atom stereocenters. The van der Waals surface area contributed by atoms with Crippen LogP contribution in [0.25, 0.3) is 22.5 Å². The molecule has 0 radical (unpaired) electrons. The van der Waals surface area contributed by atoms with E-state index in [1.807, 2.05) is 12.1 Å². The molecule has 3 nitrogen and oxygen atoms in total. The van der Waals surface area contributed by atoms with Gasteiger partial charge in [0.05, 0.1) is 10.6 Å². The van der Waals surface area contributed by atoms with Crippen molar-refractivity contribution < 1.29 is 4.52 Å². The summed E-state index contributed by atoms with van der Waals surface area (Å²) >= 11 is 18.1. The number of benzene rings is 2. The van der Waals surface area contributed by atoms with Crippen molar-refractivity contribution in [1.82, 2.24) is 5.16 Å². The Balaban J connectivity index is 2.19. The molecule has 0 fully saturated rings. The van der Waals surface area contributed by atoms with E-state index in [2.05, 4.69) is 5.16 Å². The number of nitrogen functional groups attached to an aromatic ring is 1. The van der Waals surface area contributed by atoms with Gasteiger partial charge in [0.1, 0.15) is 0 Å². The van der Waals surface area contributed by atoms with Gasteiger partial charge in [0.2, 0.25) is 0 Å². The highest BCUT2D eigenvalue weighted by atomic mass is 35.5. The maximum absolute atomic E-state index is 6.25. The van der Waals surface area contributed by atoms with Gasteiger partial charge in [0.25, 0.3) is 0 Å². The zero-order chi connectivity index (χ0) is 15.0. The van der Waals surface area contributed by atoms with Gasteiger partial charge in [-0.2, -0.15) is 0 Å². The second kappa shape index (κ2) is 5.60. The lowest BCUT2D eigenvalue weighted by Gasteiger charge is -2.06. The zero-order valence-corrected chi connectivity index (χ0v) is 12.9. The van der Waals surface area contributed by atoms with Gasteiger partial charge in [-0.05, 0) is 36.4 Å². The fourth-order valence-corrected chi connectivity index (χ4v) is 2.68. The van der Waals surface area contributed by atoms with Crippen molar-refractivity contribution in [3.8, 4) is 22.5 Å². The predicted octanol–water partition coefficient (Wildman–Crippen LogP) is 5.55. The molecular formula is C15H9Cl3N2O. The number of nitrogens with two attached hydrogens (primary N) is 1. The van der Waals surface area contributed by atoms with Crippen molar-refractivity contribution in [3.63, 3.8) is 0 Å². The van der Waals surface area contributed by atoms with Crippen LogP contribution < -0.4 is 5.73 Å². The summed E-state index contributed by atoms with van der Waals surface area (Å²) in [5.41, 5.74) is 8.09. The molecule has 0 saturated carbocycles. The van der Waals surface area contributed by atoms with Gasteiger partial charge < -0.3 is 10.3 Å². The number of hydrogen-bond acceptors (Lipinski definition) is 3. The molecule has 3 aromatic rings. The molecule has 0 amide bonds. The van der Waals surface area contributed by atoms with E-state index in [9.17, 15) is 0 Å². The first-order valence-electron chi connectivity index (χ1n) is 6.03. The number of aromatic nitrogens is 1. The van der Waals surface area contributed by atoms with Gasteiger partial charge in [-0.1, -0.05) is 46.0 Å². The standard InChI is InChI=1S/C15H9Cl3N2O/c16-9-3-1-8(2-4-9)14-13(15(19)20-21-14)11-6-5-10(17)7-12(11)18/h1-7H,(H2,19,20). The second-order valence-corrected chi connectivity index (χ2v) is 5.68. The van der Waals surface area contributed by atoms with Gasteiger partial charge in [-0.25, -0.2) is 0 Å². The Morgan fingerprint density at radius 3 is 2.24 bits per heavy atom. The lowest BCUT2D eigenvalue weighted by molar-refractivity contribution is 0.436. The Morgan fingerprint density at radius 1 is 0.905 bits per heavy atom. The van der Waals surface area contributed by atoms with Crippen molar-refractivity contribution in [2.24, 2.45) is 0 Å². The fraction of sp³-hybridized carbons (Fsp3) is 0. The van der Waals surface area contributed by atoms with E-state index in [1.54, 1.807) is 30.3 Å². The number of hydrogen-bond donors (Lipinski definition) is 1. The molecule has 1 heterocycles. The minimum atomic E-state index is 0.268. The van der Waals surface area contributed by atoms with Crippen molar-refractivity contribution in [3.05, 3.63) is 57.5 Å². The molecule has 2 N–H and O–H groups in total. The summed E-state index contributed by atoms with van der Waals surface area (Å²) in [5.74, 6) is 0.803. The van der Waals surface area contributed by atoms with Crippen LogP contribution in [-0.4, -0.2) is 5.16 Å². The van der Waals surface area contributed by atoms with Crippen molar-refractivity contribution in [2.45, 2.75) is 0 Å². The predicted molar refractivity (Wildman–Crippen MR) is 86.8 cm³/mol. The Labute approximate surface area is 136 Å². The van der Waals surface area contributed by atoms with Crippen LogP contribution in [-0.2, 0) is 0 Å². The van der Waals surface area contributed by atoms with Crippen LogP contribution in [0.3, 0.4) is 0 Å². The van der Waals surface area contributed by atoms with E-state index in [0.717, 1.165) is 5.56 Å². The molecule has 0 spiro atoms. The van der Waals surface area contributed by atoms with E-state index in [0.29, 0.717) is 32.0 Å². The van der Waals surface area contributed by atoms with Crippen molar-refractivity contribution in [1.29, 1.82) is 0 Å². The number of halogens is 3. The van der Waals surface area contributed by atoms with Crippen LogP contribution >= 0.6 is 34.8 Å². The normalized spacial score (nSPS) is 10.8. The van der Waals surface area contributed by atoms with Crippen molar-refractivity contribution in [2.75, 3.05) is 5.73 Å². The zero-order valence-electron chi connectivity index (χ0n) is 10.6. The van der Waals surface area contributed by atoms with Crippen molar-refractivity contribution >= 4 is 40.6 Å². The molecule has 0 atom stereocenters. The van der Waals surface area contributed by atoms with Gasteiger partial charge >= 0.3 is 0 Å². The SMILES string of the molecule is Nc1noc(-c2ccc(Cl)cc2)c1-c1ccc(Cl)cc1Cl. The minimum absolute atomic E-state index is 0.268. The Bertz CT molecular complexity index is 797. The Hall–Kier alpha value is -1.68. The highest BCUT2D eigenvalue weighted by molar-refractivity contribution is 6.36. The van der Waals surface area contributed by atoms with Gasteiger partial charge in [-0.15, -0.1) is 0 Å². The smallest absolute Gasteiger partial charge is 0.176 e. The third kappa shape index (κ3) is 2.72. The fourth-order valence-electron chi connectivity index (χ4n) is 2.05. The third-order valence-electron chi connectivity index (χ3n) is 3.03. The Morgan fingerprint density at radius 2 is 1.57 bits per heavy atom. The monoisotopic (exact) mass is 338 g/mol. The largest absolute Gasteiger partial charge is 0.380 e. The van der Waals surface area contributed by atoms with Crippen LogP contribution in [0.2, 0.25) is 15.1 Å². The van der Waals surface area contributed by atoms with Crippen LogP contribution in [0.1, 0.15) is 0 Å². The first-order chi connectivity index (χ1) is 10.1. The molecule has 0 bridgehead atoms. The van der Waals surface area contributed by atoms with Gasteiger partial charge in [-0.3, -0.25) is 0 Å². The molecule has 21 heavy (non-hydrogen) atoms. The molecule has 3 rings (SSSR count). The molecule has 0 saturated heterocycles. The highest BCUT2D eigenvalue weighted by Gasteiger charge is 2.19. The minimum Gasteiger partial charge on any atom is -0.380 e. The summed E-state index contributed by atoms with van der Waals surface area (Å²) in [6.45, 7) is 0. The average Bonchev–Trinajstić information content (AvgIpc) is 2.82. The first kappa shape index (κ1) is 14.3. The summed E-state index contributed by atoms with van der Waals surface area (Å²) < 4.78 is 5.35. The van der Waals surface area contributed by atoms with E-state index in [1.165, 1.54) is 0 Å². The maximum Gasteiger partial charge on any atom is 0.176 e. The first-order valence-corrected chi connectivity index (χ1v) is 7.16. The number of nitrogens with zero attached hydrogens (tertiary/aromatic N) is 1. The van der Waals surface area contributed by atoms with E-state index < -0.39 is 0 Å². The van der Waals surface area contributed by atoms with Gasteiger partial charge in [0.15, 0.2) is 11.6 Å². The number of rotatable bonds is 2. The second-order valence-electron chi connectivity index (χ2n) is 4.40. The molecule has 106 valence electrons. The van der Waals surface area contributed by atoms with E-state index >= 15 is 0 Å². The highest BCUT2D eigenvalue weighted by Crippen LogP contribution is 2.40. The van der Waals surface area contributed by atoms with Crippen LogP contribution in [0.4, 0.5) is 5.82 Å². The molecule has 0 aliphatic rings. The van der Waals surface area contributed by atoms with Gasteiger partial charge in [0, 0.05) is 21.2 Å². The summed E-state index contributed by atoms with van der Waals surface area (Å²) in [6.07, 6.45) is 0. The quantitative estimate of drug-likeness (QED) is 0.666. The van der Waals surface area contributed by atoms with E-state index in [4.69, 9.17) is 45.1 Å². The van der Waals surface area contributed by atoms with Crippen LogP contribution in [0.5, 0.6) is 0 Å². The summed E-state index contributed by atoms with van der Waals surface area (Å²) in [4.78, 5) is 0. The van der Waals surface area contributed by atoms with Crippen LogP contribution in [0, 0.1) is 0 Å². The maximum atomic E-state index is 6.25. The summed E-state index contributed by atoms with van der Waals surface area (Å²) in [6, 6.07) is 12.4. The third-order valence-corrected chi connectivity index (χ3v) is 3.83. The molecule has 6 heteroatoms. The summed E-state index contributed by atoms with van der Waals surface area (Å²) in [5, 5.41) is 5.50. The van der Waals surface area contributed by atoms with E-state index in [-0.39, 0.29) is 5.82 Å². The number of anilines is 1. The Kier molecular flexibility index (Phi) is 3.81. The lowest BCUT2D eigenvalue weighted by atomic mass is 10.0. The molecule has 0 aliphatic heterocycles. The topological polar surface area (TPSA) is 52.0 Å². The molecular weight excluding hydrogens is 331 g/mol. The molecule has 1 aromatic heterocycles. The van der Waals surface area contributed by atoms with Crippen LogP contribution in [0.15, 0.2) is 47.0 Å². The average molecular weight is 340 g/mol. The lowest BCUT2D eigenvalue weighted by Crippen LogP contribution is -1.89. The molecule has 0 aliphatic carbocycles. The summed E-state index contributed by atoms with van der Waals surface area (Å²) in [7, 11) is 0.